The van der Waals surface area contributed by atoms with Crippen molar-refractivity contribution in [1.29, 1.82) is 5.26 Å². The molecular weight excluding hydrogens is 405 g/mol. The molecule has 0 fully saturated rings. The van der Waals surface area contributed by atoms with Gasteiger partial charge in [0.2, 0.25) is 5.91 Å². The van der Waals surface area contributed by atoms with Crippen molar-refractivity contribution in [2.24, 2.45) is 0 Å². The van der Waals surface area contributed by atoms with E-state index in [2.05, 4.69) is 12.6 Å². The number of hydrogen-bond donors (Lipinski definition) is 0. The van der Waals surface area contributed by atoms with Crippen LogP contribution in [0.5, 0.6) is 5.75 Å². The first kappa shape index (κ1) is 23.0. The van der Waals surface area contributed by atoms with Crippen LogP contribution in [0.3, 0.4) is 0 Å². The van der Waals surface area contributed by atoms with E-state index in [1.807, 2.05) is 36.2 Å². The smallest absolute Gasteiger partial charge is 0.244 e. The van der Waals surface area contributed by atoms with Gasteiger partial charge in [0.05, 0.1) is 12.7 Å². The summed E-state index contributed by atoms with van der Waals surface area (Å²) in [6.07, 6.45) is 1.72. The highest BCUT2D eigenvalue weighted by atomic mass is 19.1. The van der Waals surface area contributed by atoms with Crippen molar-refractivity contribution in [2.45, 2.75) is 12.6 Å². The predicted octanol–water partition coefficient (Wildman–Crippen LogP) is 4.68. The molecule has 0 aliphatic rings. The second-order valence-corrected chi connectivity index (χ2v) is 7.65. The van der Waals surface area contributed by atoms with Crippen LogP contribution in [0, 0.1) is 17.1 Å². The SMILES string of the molecule is C=CCN(C)C(C(=O)N(C)Cc1c(OC)c(C#N)cc2ccccc12)c1ccc(F)cc1. The van der Waals surface area contributed by atoms with Crippen LogP contribution < -0.4 is 4.74 Å². The fourth-order valence-corrected chi connectivity index (χ4v) is 3.94. The molecule has 1 unspecified atom stereocenters. The maximum Gasteiger partial charge on any atom is 0.244 e. The summed E-state index contributed by atoms with van der Waals surface area (Å²) < 4.78 is 19.1. The standard InChI is InChI=1S/C26H26FN3O2/c1-5-14-29(2)24(18-10-12-21(27)13-11-18)26(31)30(3)17-23-22-9-7-6-8-19(22)15-20(16-28)25(23)32-4/h5-13,15,24H,1,14,17H2,2-4H3. The van der Waals surface area contributed by atoms with Crippen molar-refractivity contribution in [3.8, 4) is 11.8 Å². The zero-order chi connectivity index (χ0) is 23.3. The Balaban J connectivity index is 2.02. The summed E-state index contributed by atoms with van der Waals surface area (Å²) in [5.74, 6) is -0.0534. The molecule has 0 aromatic heterocycles. The number of rotatable bonds is 8. The number of methoxy groups -OCH3 is 1. The van der Waals surface area contributed by atoms with Gasteiger partial charge in [-0.05, 0) is 41.6 Å². The topological polar surface area (TPSA) is 56.6 Å². The van der Waals surface area contributed by atoms with Gasteiger partial charge in [0.15, 0.2) is 0 Å². The van der Waals surface area contributed by atoms with Gasteiger partial charge in [-0.2, -0.15) is 5.26 Å². The summed E-state index contributed by atoms with van der Waals surface area (Å²) in [4.78, 5) is 17.1. The summed E-state index contributed by atoms with van der Waals surface area (Å²) in [5.41, 5.74) is 1.87. The molecule has 0 aliphatic carbocycles. The van der Waals surface area contributed by atoms with Crippen LogP contribution in [0.15, 0.2) is 67.3 Å². The van der Waals surface area contributed by atoms with E-state index in [9.17, 15) is 14.4 Å². The van der Waals surface area contributed by atoms with Crippen LogP contribution in [0.1, 0.15) is 22.7 Å². The third-order valence-corrected chi connectivity index (χ3v) is 5.48. The minimum Gasteiger partial charge on any atom is -0.495 e. The minimum atomic E-state index is -0.616. The highest BCUT2D eigenvalue weighted by molar-refractivity contribution is 5.90. The summed E-state index contributed by atoms with van der Waals surface area (Å²) in [7, 11) is 5.07. The Hall–Kier alpha value is -3.69. The van der Waals surface area contributed by atoms with Crippen molar-refractivity contribution in [2.75, 3.05) is 27.7 Å². The van der Waals surface area contributed by atoms with E-state index in [1.165, 1.54) is 19.2 Å². The van der Waals surface area contributed by atoms with Gasteiger partial charge in [-0.25, -0.2) is 4.39 Å². The molecule has 6 heteroatoms. The highest BCUT2D eigenvalue weighted by Crippen LogP contribution is 2.33. The first-order valence-corrected chi connectivity index (χ1v) is 10.2. The van der Waals surface area contributed by atoms with Gasteiger partial charge in [-0.1, -0.05) is 42.5 Å². The number of halogens is 1. The average molecular weight is 432 g/mol. The maximum absolute atomic E-state index is 13.6. The Bertz CT molecular complexity index is 1170. The van der Waals surface area contributed by atoms with Crippen LogP contribution in [0.25, 0.3) is 10.8 Å². The summed E-state index contributed by atoms with van der Waals surface area (Å²) >= 11 is 0. The molecule has 1 amide bonds. The number of fused-ring (bicyclic) bond motifs is 1. The number of carbonyl (C=O) groups is 1. The van der Waals surface area contributed by atoms with Crippen molar-refractivity contribution < 1.29 is 13.9 Å². The number of carbonyl (C=O) groups excluding carboxylic acids is 1. The molecule has 0 saturated carbocycles. The molecule has 0 heterocycles. The van der Waals surface area contributed by atoms with E-state index in [-0.39, 0.29) is 18.3 Å². The van der Waals surface area contributed by atoms with E-state index >= 15 is 0 Å². The zero-order valence-corrected chi connectivity index (χ0v) is 18.5. The molecule has 3 aromatic carbocycles. The number of nitriles is 1. The summed E-state index contributed by atoms with van der Waals surface area (Å²) in [5, 5.41) is 11.4. The van der Waals surface area contributed by atoms with Crippen LogP contribution in [-0.4, -0.2) is 43.5 Å². The molecular formula is C26H26FN3O2. The Labute approximate surface area is 187 Å². The second kappa shape index (κ2) is 10.1. The largest absolute Gasteiger partial charge is 0.495 e. The molecule has 32 heavy (non-hydrogen) atoms. The van der Waals surface area contributed by atoms with E-state index in [0.29, 0.717) is 23.4 Å². The number of nitrogens with zero attached hydrogens (tertiary/aromatic N) is 3. The summed E-state index contributed by atoms with van der Waals surface area (Å²) in [6.45, 7) is 4.50. The van der Waals surface area contributed by atoms with E-state index in [4.69, 9.17) is 4.74 Å². The van der Waals surface area contributed by atoms with Gasteiger partial charge in [0.25, 0.3) is 0 Å². The molecule has 0 N–H and O–H groups in total. The molecule has 0 bridgehead atoms. The second-order valence-electron chi connectivity index (χ2n) is 7.65. The molecule has 0 radical (unpaired) electrons. The monoisotopic (exact) mass is 431 g/mol. The third-order valence-electron chi connectivity index (χ3n) is 5.48. The van der Waals surface area contributed by atoms with Gasteiger partial charge < -0.3 is 9.64 Å². The zero-order valence-electron chi connectivity index (χ0n) is 18.5. The van der Waals surface area contributed by atoms with Crippen molar-refractivity contribution in [1.82, 2.24) is 9.80 Å². The van der Waals surface area contributed by atoms with Crippen LogP contribution in [0.2, 0.25) is 0 Å². The minimum absolute atomic E-state index is 0.158. The quantitative estimate of drug-likeness (QED) is 0.486. The number of ether oxygens (including phenoxy) is 1. The van der Waals surface area contributed by atoms with E-state index in [1.54, 1.807) is 36.2 Å². The molecule has 0 spiro atoms. The molecule has 3 rings (SSSR count). The lowest BCUT2D eigenvalue weighted by molar-refractivity contribution is -0.135. The van der Waals surface area contributed by atoms with Crippen molar-refractivity contribution in [3.63, 3.8) is 0 Å². The van der Waals surface area contributed by atoms with Gasteiger partial charge in [0, 0.05) is 25.7 Å². The fourth-order valence-electron chi connectivity index (χ4n) is 3.94. The number of benzene rings is 3. The van der Waals surface area contributed by atoms with Gasteiger partial charge >= 0.3 is 0 Å². The normalized spacial score (nSPS) is 11.8. The lowest BCUT2D eigenvalue weighted by Gasteiger charge is -2.31. The van der Waals surface area contributed by atoms with Gasteiger partial charge in [0.1, 0.15) is 23.7 Å². The number of hydrogen-bond acceptors (Lipinski definition) is 4. The molecule has 1 atom stereocenters. The lowest BCUT2D eigenvalue weighted by atomic mass is 9.98. The van der Waals surface area contributed by atoms with Crippen LogP contribution in [-0.2, 0) is 11.3 Å². The lowest BCUT2D eigenvalue weighted by Crippen LogP contribution is -2.39. The Morgan fingerprint density at radius 3 is 2.53 bits per heavy atom. The molecule has 0 saturated heterocycles. The molecule has 3 aromatic rings. The molecule has 164 valence electrons. The van der Waals surface area contributed by atoms with Crippen LogP contribution >= 0.6 is 0 Å². The Morgan fingerprint density at radius 2 is 1.91 bits per heavy atom. The number of amides is 1. The summed E-state index contributed by atoms with van der Waals surface area (Å²) in [6, 6.07) is 17.0. The average Bonchev–Trinajstić information content (AvgIpc) is 2.80. The van der Waals surface area contributed by atoms with Gasteiger partial charge in [-0.3, -0.25) is 9.69 Å². The maximum atomic E-state index is 13.6. The fraction of sp³-hybridized carbons (Fsp3) is 0.231. The van der Waals surface area contributed by atoms with E-state index < -0.39 is 6.04 Å². The third kappa shape index (κ3) is 4.63. The highest BCUT2D eigenvalue weighted by Gasteiger charge is 2.28. The van der Waals surface area contributed by atoms with E-state index in [0.717, 1.165) is 16.3 Å². The first-order chi connectivity index (χ1) is 15.4. The molecule has 0 aliphatic heterocycles. The van der Waals surface area contributed by atoms with Crippen molar-refractivity contribution in [3.05, 3.63) is 89.8 Å². The van der Waals surface area contributed by atoms with Crippen LogP contribution in [0.4, 0.5) is 4.39 Å². The van der Waals surface area contributed by atoms with Gasteiger partial charge in [-0.15, -0.1) is 6.58 Å². The number of likely N-dealkylation sites (N-methyl/N-ethyl adjacent to an activating group) is 2. The van der Waals surface area contributed by atoms with Crippen molar-refractivity contribution >= 4 is 16.7 Å². The predicted molar refractivity (Wildman–Crippen MR) is 124 cm³/mol. The first-order valence-electron chi connectivity index (χ1n) is 10.2. The Morgan fingerprint density at radius 1 is 1.22 bits per heavy atom. The Kier molecular flexibility index (Phi) is 7.24. The molecule has 5 nitrogen and oxygen atoms in total.